The van der Waals surface area contributed by atoms with E-state index < -0.39 is 5.75 Å². The average Bonchev–Trinajstić information content (AvgIpc) is 2.91. The quantitative estimate of drug-likeness (QED) is 0.467. The lowest BCUT2D eigenvalue weighted by Crippen LogP contribution is -2.21. The standard InChI is InChI=1S/C14H21NO4/c16-12-6-5-10(13(17)14(12)18)9-15-7-8-19-11-3-1-2-4-11/h5-6,11,15-18H,1-4,7-9H2. The molecule has 2 rings (SSSR count). The summed E-state index contributed by atoms with van der Waals surface area (Å²) in [6, 6.07) is 2.94. The van der Waals surface area contributed by atoms with Crippen LogP contribution in [0.1, 0.15) is 31.2 Å². The molecule has 1 saturated carbocycles. The van der Waals surface area contributed by atoms with Crippen molar-refractivity contribution in [3.8, 4) is 17.2 Å². The molecule has 4 N–H and O–H groups in total. The molecule has 1 aromatic rings. The minimum absolute atomic E-state index is 0.274. The molecule has 1 aliphatic rings. The summed E-state index contributed by atoms with van der Waals surface area (Å²) in [6.45, 7) is 1.76. The summed E-state index contributed by atoms with van der Waals surface area (Å²) in [6.07, 6.45) is 5.25. The summed E-state index contributed by atoms with van der Waals surface area (Å²) < 4.78 is 5.70. The number of rotatable bonds is 6. The maximum absolute atomic E-state index is 9.63. The van der Waals surface area contributed by atoms with Gasteiger partial charge in [0.05, 0.1) is 12.7 Å². The van der Waals surface area contributed by atoms with E-state index in [2.05, 4.69) is 5.32 Å². The van der Waals surface area contributed by atoms with E-state index in [4.69, 9.17) is 4.74 Å². The SMILES string of the molecule is Oc1ccc(CNCCOC2CCCC2)c(O)c1O. The second-order valence-corrected chi connectivity index (χ2v) is 4.90. The van der Waals surface area contributed by atoms with Gasteiger partial charge in [0.1, 0.15) is 0 Å². The highest BCUT2D eigenvalue weighted by Crippen LogP contribution is 2.36. The first-order valence-electron chi connectivity index (χ1n) is 6.73. The third-order valence-electron chi connectivity index (χ3n) is 3.46. The summed E-state index contributed by atoms with van der Waals surface area (Å²) in [5.74, 6) is -1.06. The smallest absolute Gasteiger partial charge is 0.200 e. The topological polar surface area (TPSA) is 82.0 Å². The van der Waals surface area contributed by atoms with Crippen molar-refractivity contribution < 1.29 is 20.1 Å². The Kier molecular flexibility index (Phi) is 4.87. The van der Waals surface area contributed by atoms with Crippen molar-refractivity contribution in [2.75, 3.05) is 13.2 Å². The van der Waals surface area contributed by atoms with E-state index >= 15 is 0 Å². The summed E-state index contributed by atoms with van der Waals surface area (Å²) in [5, 5.41) is 31.3. The van der Waals surface area contributed by atoms with Crippen LogP contribution in [0, 0.1) is 0 Å². The second-order valence-electron chi connectivity index (χ2n) is 4.90. The molecule has 19 heavy (non-hydrogen) atoms. The van der Waals surface area contributed by atoms with Crippen LogP contribution < -0.4 is 5.32 Å². The highest BCUT2D eigenvalue weighted by atomic mass is 16.5. The Bertz CT molecular complexity index is 416. The van der Waals surface area contributed by atoms with Crippen LogP contribution in [0.15, 0.2) is 12.1 Å². The van der Waals surface area contributed by atoms with Crippen LogP contribution in [0.4, 0.5) is 0 Å². The van der Waals surface area contributed by atoms with E-state index in [0.29, 0.717) is 31.4 Å². The van der Waals surface area contributed by atoms with Crippen LogP contribution in [-0.4, -0.2) is 34.6 Å². The molecular weight excluding hydrogens is 246 g/mol. The fraction of sp³-hybridized carbons (Fsp3) is 0.571. The predicted molar refractivity (Wildman–Crippen MR) is 71.4 cm³/mol. The predicted octanol–water partition coefficient (Wildman–Crippen LogP) is 1.85. The van der Waals surface area contributed by atoms with Gasteiger partial charge in [-0.3, -0.25) is 0 Å². The molecule has 0 radical (unpaired) electrons. The van der Waals surface area contributed by atoms with Gasteiger partial charge in [-0.15, -0.1) is 0 Å². The first-order chi connectivity index (χ1) is 9.18. The molecule has 0 amide bonds. The van der Waals surface area contributed by atoms with Crippen LogP contribution >= 0.6 is 0 Å². The zero-order valence-corrected chi connectivity index (χ0v) is 10.9. The minimum Gasteiger partial charge on any atom is -0.504 e. The molecule has 0 spiro atoms. The lowest BCUT2D eigenvalue weighted by molar-refractivity contribution is 0.0602. The van der Waals surface area contributed by atoms with Gasteiger partial charge in [-0.1, -0.05) is 18.9 Å². The first kappa shape index (κ1) is 14.0. The number of aromatic hydroxyl groups is 3. The van der Waals surface area contributed by atoms with Crippen LogP contribution in [0.5, 0.6) is 17.2 Å². The summed E-state index contributed by atoms with van der Waals surface area (Å²) in [4.78, 5) is 0. The monoisotopic (exact) mass is 267 g/mol. The molecule has 1 aromatic carbocycles. The maximum Gasteiger partial charge on any atom is 0.200 e. The maximum atomic E-state index is 9.63. The lowest BCUT2D eigenvalue weighted by atomic mass is 10.1. The largest absolute Gasteiger partial charge is 0.504 e. The van der Waals surface area contributed by atoms with Crippen molar-refractivity contribution in [3.63, 3.8) is 0 Å². The zero-order chi connectivity index (χ0) is 13.7. The van der Waals surface area contributed by atoms with Gasteiger partial charge in [0.2, 0.25) is 5.75 Å². The summed E-state index contributed by atoms with van der Waals surface area (Å²) in [5.41, 5.74) is 0.552. The number of ether oxygens (including phenoxy) is 1. The lowest BCUT2D eigenvalue weighted by Gasteiger charge is -2.12. The van der Waals surface area contributed by atoms with Crippen LogP contribution in [0.3, 0.4) is 0 Å². The van der Waals surface area contributed by atoms with Crippen molar-refractivity contribution >= 4 is 0 Å². The highest BCUT2D eigenvalue weighted by molar-refractivity contribution is 5.52. The van der Waals surface area contributed by atoms with Gasteiger partial charge in [-0.05, 0) is 18.9 Å². The second kappa shape index (κ2) is 6.63. The van der Waals surface area contributed by atoms with E-state index in [0.717, 1.165) is 12.8 Å². The third kappa shape index (κ3) is 3.75. The molecule has 0 aromatic heterocycles. The molecule has 0 aliphatic heterocycles. The van der Waals surface area contributed by atoms with Gasteiger partial charge in [0.15, 0.2) is 11.5 Å². The number of hydrogen-bond donors (Lipinski definition) is 4. The number of hydrogen-bond acceptors (Lipinski definition) is 5. The molecule has 0 heterocycles. The van der Waals surface area contributed by atoms with E-state index in [-0.39, 0.29) is 11.5 Å². The Morgan fingerprint density at radius 1 is 1.11 bits per heavy atom. The molecule has 106 valence electrons. The normalized spacial score (nSPS) is 16.0. The van der Waals surface area contributed by atoms with Crippen molar-refractivity contribution in [2.45, 2.75) is 38.3 Å². The van der Waals surface area contributed by atoms with Gasteiger partial charge < -0.3 is 25.4 Å². The molecule has 1 fully saturated rings. The molecular formula is C14H21NO4. The zero-order valence-electron chi connectivity index (χ0n) is 10.9. The Balaban J connectivity index is 1.69. The van der Waals surface area contributed by atoms with Crippen molar-refractivity contribution in [1.82, 2.24) is 5.32 Å². The Morgan fingerprint density at radius 2 is 1.84 bits per heavy atom. The van der Waals surface area contributed by atoms with Crippen LogP contribution in [0.25, 0.3) is 0 Å². The highest BCUT2D eigenvalue weighted by Gasteiger charge is 2.14. The third-order valence-corrected chi connectivity index (χ3v) is 3.46. The molecule has 5 heteroatoms. The summed E-state index contributed by atoms with van der Waals surface area (Å²) >= 11 is 0. The van der Waals surface area contributed by atoms with E-state index in [1.165, 1.54) is 18.9 Å². The van der Waals surface area contributed by atoms with Crippen LogP contribution in [-0.2, 0) is 11.3 Å². The molecule has 0 atom stereocenters. The number of phenolic OH excluding ortho intramolecular Hbond substituents is 3. The Hall–Kier alpha value is -1.46. The van der Waals surface area contributed by atoms with Gasteiger partial charge in [-0.25, -0.2) is 0 Å². The number of phenols is 3. The Morgan fingerprint density at radius 3 is 2.58 bits per heavy atom. The van der Waals surface area contributed by atoms with Gasteiger partial charge in [0.25, 0.3) is 0 Å². The van der Waals surface area contributed by atoms with Gasteiger partial charge in [0, 0.05) is 18.7 Å². The molecule has 0 saturated heterocycles. The number of benzene rings is 1. The van der Waals surface area contributed by atoms with Gasteiger partial charge >= 0.3 is 0 Å². The average molecular weight is 267 g/mol. The molecule has 1 aliphatic carbocycles. The van der Waals surface area contributed by atoms with E-state index in [9.17, 15) is 15.3 Å². The number of nitrogens with one attached hydrogen (secondary N) is 1. The minimum atomic E-state index is -0.471. The fourth-order valence-electron chi connectivity index (χ4n) is 2.33. The van der Waals surface area contributed by atoms with Crippen molar-refractivity contribution in [2.24, 2.45) is 0 Å². The molecule has 5 nitrogen and oxygen atoms in total. The fourth-order valence-corrected chi connectivity index (χ4v) is 2.33. The van der Waals surface area contributed by atoms with Crippen LogP contribution in [0.2, 0.25) is 0 Å². The van der Waals surface area contributed by atoms with Crippen molar-refractivity contribution in [1.29, 1.82) is 0 Å². The first-order valence-corrected chi connectivity index (χ1v) is 6.73. The molecule has 0 unspecified atom stereocenters. The Labute approximate surface area is 112 Å². The van der Waals surface area contributed by atoms with E-state index in [1.807, 2.05) is 0 Å². The van der Waals surface area contributed by atoms with Gasteiger partial charge in [-0.2, -0.15) is 0 Å². The molecule has 0 bridgehead atoms. The van der Waals surface area contributed by atoms with Crippen molar-refractivity contribution in [3.05, 3.63) is 17.7 Å². The van der Waals surface area contributed by atoms with E-state index in [1.54, 1.807) is 6.07 Å². The summed E-state index contributed by atoms with van der Waals surface area (Å²) in [7, 11) is 0.